The minimum absolute atomic E-state index is 0.0464. The maximum absolute atomic E-state index is 8.87. The van der Waals surface area contributed by atoms with Crippen LogP contribution in [0, 0.1) is 0 Å². The van der Waals surface area contributed by atoms with E-state index < -0.39 is 17.6 Å². The lowest BCUT2D eigenvalue weighted by atomic mass is 10.8. The van der Waals surface area contributed by atoms with Crippen molar-refractivity contribution in [3.63, 3.8) is 0 Å². The molecule has 8 heteroatoms. The summed E-state index contributed by atoms with van der Waals surface area (Å²) in [6.45, 7) is 0.250. The molecule has 0 aliphatic carbocycles. The van der Waals surface area contributed by atoms with Gasteiger partial charge in [0.1, 0.15) is 0 Å². The zero-order chi connectivity index (χ0) is 9.23. The van der Waals surface area contributed by atoms with E-state index >= 15 is 0 Å². The molecule has 3 N–H and O–H groups in total. The summed E-state index contributed by atoms with van der Waals surface area (Å²) in [7, 11) is -2.49. The predicted molar refractivity (Wildman–Crippen MR) is 44.6 cm³/mol. The monoisotopic (exact) mass is 218 g/mol. The zero-order valence-electron chi connectivity index (χ0n) is 6.34. The van der Waals surface area contributed by atoms with Crippen molar-refractivity contribution < 1.29 is 28.5 Å². The lowest BCUT2D eigenvalue weighted by molar-refractivity contribution is 0.145. The highest BCUT2D eigenvalue weighted by molar-refractivity contribution is 7.40. The fourth-order valence-electron chi connectivity index (χ4n) is 0.359. The number of hydrogen-bond acceptors (Lipinski definition) is 6. The Balaban J connectivity index is 3.02. The van der Waals surface area contributed by atoms with Crippen LogP contribution in [0.1, 0.15) is 0 Å². The predicted octanol–water partition coefficient (Wildman–Crippen LogP) is -0.252. The molecule has 0 heterocycles. The van der Waals surface area contributed by atoms with Gasteiger partial charge in [0.05, 0.1) is 26.4 Å². The first-order valence-corrected chi connectivity index (χ1v) is 5.16. The van der Waals surface area contributed by atoms with Crippen molar-refractivity contribution in [3.8, 4) is 0 Å². The third-order valence-corrected chi connectivity index (χ3v) is 1.88. The van der Waals surface area contributed by atoms with Crippen LogP contribution in [-0.4, -0.2) is 41.3 Å². The lowest BCUT2D eigenvalue weighted by Crippen LogP contribution is -2.00. The molecule has 0 amide bonds. The summed E-state index contributed by atoms with van der Waals surface area (Å²) in [5, 5.41) is 8.29. The standard InChI is InChI=1S/C4H12O6P2/c5-1-2-9-12(7)10-4-3-8-11-6/h5-7,11H,1-4H2. The maximum atomic E-state index is 8.87. The van der Waals surface area contributed by atoms with Crippen molar-refractivity contribution in [2.24, 2.45) is 0 Å². The summed E-state index contributed by atoms with van der Waals surface area (Å²) >= 11 is 0. The first kappa shape index (κ1) is 12.6. The SMILES string of the molecule is OCCOP(O)OCCOPO. The molecule has 0 rings (SSSR count). The fraction of sp³-hybridized carbons (Fsp3) is 1.00. The molecule has 12 heavy (non-hydrogen) atoms. The van der Waals surface area contributed by atoms with Crippen LogP contribution < -0.4 is 0 Å². The van der Waals surface area contributed by atoms with Gasteiger partial charge >= 0.3 is 8.60 Å². The van der Waals surface area contributed by atoms with E-state index in [2.05, 4.69) is 9.05 Å². The highest BCUT2D eigenvalue weighted by Gasteiger charge is 2.04. The van der Waals surface area contributed by atoms with Crippen LogP contribution in [0.5, 0.6) is 0 Å². The van der Waals surface area contributed by atoms with E-state index in [1.165, 1.54) is 0 Å². The average Bonchev–Trinajstić information content (AvgIpc) is 2.09. The number of aliphatic hydroxyl groups excluding tert-OH is 1. The van der Waals surface area contributed by atoms with Gasteiger partial charge in [0.15, 0.2) is 9.03 Å². The Hall–Kier alpha value is 0.620. The maximum Gasteiger partial charge on any atom is 0.330 e. The number of rotatable bonds is 8. The highest BCUT2D eigenvalue weighted by atomic mass is 31.2. The summed E-state index contributed by atoms with van der Waals surface area (Å²) in [5.74, 6) is 0. The van der Waals surface area contributed by atoms with Gasteiger partial charge in [-0.25, -0.2) is 0 Å². The number of hydrogen-bond donors (Lipinski definition) is 3. The Morgan fingerprint density at radius 1 is 1.17 bits per heavy atom. The molecule has 0 radical (unpaired) electrons. The van der Waals surface area contributed by atoms with Gasteiger partial charge in [-0.2, -0.15) is 0 Å². The van der Waals surface area contributed by atoms with E-state index in [1.54, 1.807) is 0 Å². The molecule has 0 spiro atoms. The second kappa shape index (κ2) is 9.71. The zero-order valence-corrected chi connectivity index (χ0v) is 8.24. The van der Waals surface area contributed by atoms with Crippen LogP contribution in [0.25, 0.3) is 0 Å². The molecule has 0 fully saturated rings. The first-order chi connectivity index (χ1) is 5.81. The summed E-state index contributed by atoms with van der Waals surface area (Å²) in [6.07, 6.45) is 0. The summed E-state index contributed by atoms with van der Waals surface area (Å²) in [5.41, 5.74) is 0. The molecule has 0 saturated heterocycles. The minimum atomic E-state index is -1.92. The minimum Gasteiger partial charge on any atom is -0.394 e. The normalized spacial score (nSPS) is 14.2. The lowest BCUT2D eigenvalue weighted by Gasteiger charge is -2.08. The van der Waals surface area contributed by atoms with E-state index in [0.29, 0.717) is 0 Å². The summed E-state index contributed by atoms with van der Waals surface area (Å²) in [6, 6.07) is 0. The molecular formula is C4H12O6P2. The van der Waals surface area contributed by atoms with Crippen molar-refractivity contribution >= 4 is 17.6 Å². The molecule has 0 aromatic heterocycles. The van der Waals surface area contributed by atoms with E-state index in [4.69, 9.17) is 19.4 Å². The largest absolute Gasteiger partial charge is 0.394 e. The third kappa shape index (κ3) is 8.71. The Morgan fingerprint density at radius 3 is 2.42 bits per heavy atom. The van der Waals surface area contributed by atoms with Gasteiger partial charge in [0, 0.05) is 0 Å². The molecule has 0 aromatic carbocycles. The molecule has 6 nitrogen and oxygen atoms in total. The van der Waals surface area contributed by atoms with Crippen molar-refractivity contribution in [1.82, 2.24) is 0 Å². The summed E-state index contributed by atoms with van der Waals surface area (Å²) in [4.78, 5) is 17.1. The van der Waals surface area contributed by atoms with E-state index in [9.17, 15) is 0 Å². The Bertz CT molecular complexity index is 93.6. The fourth-order valence-corrected chi connectivity index (χ4v) is 1.08. The number of aliphatic hydroxyl groups is 1. The van der Waals surface area contributed by atoms with Crippen LogP contribution in [0.2, 0.25) is 0 Å². The molecule has 0 aliphatic heterocycles. The van der Waals surface area contributed by atoms with Crippen LogP contribution in [0.3, 0.4) is 0 Å². The van der Waals surface area contributed by atoms with Crippen LogP contribution in [0.4, 0.5) is 0 Å². The van der Waals surface area contributed by atoms with Gasteiger partial charge in [-0.3, -0.25) is 0 Å². The molecule has 0 aromatic rings. The first-order valence-electron chi connectivity index (χ1n) is 3.18. The Kier molecular flexibility index (Phi) is 10.2. The van der Waals surface area contributed by atoms with Crippen LogP contribution >= 0.6 is 17.6 Å². The van der Waals surface area contributed by atoms with Gasteiger partial charge in [0.2, 0.25) is 0 Å². The van der Waals surface area contributed by atoms with E-state index in [1.807, 2.05) is 0 Å². The second-order valence-electron chi connectivity index (χ2n) is 1.57. The molecule has 2 atom stereocenters. The Morgan fingerprint density at radius 2 is 1.83 bits per heavy atom. The summed E-state index contributed by atoms with van der Waals surface area (Å²) < 4.78 is 13.8. The molecule has 0 saturated carbocycles. The van der Waals surface area contributed by atoms with Gasteiger partial charge < -0.3 is 28.5 Å². The van der Waals surface area contributed by atoms with Crippen molar-refractivity contribution in [2.45, 2.75) is 0 Å². The van der Waals surface area contributed by atoms with Gasteiger partial charge in [0.25, 0.3) is 0 Å². The second-order valence-corrected chi connectivity index (χ2v) is 3.03. The van der Waals surface area contributed by atoms with Crippen LogP contribution in [0.15, 0.2) is 0 Å². The van der Waals surface area contributed by atoms with E-state index in [-0.39, 0.29) is 26.4 Å². The topological polar surface area (TPSA) is 88.4 Å². The van der Waals surface area contributed by atoms with Crippen molar-refractivity contribution in [1.29, 1.82) is 0 Å². The smallest absolute Gasteiger partial charge is 0.330 e. The molecular weight excluding hydrogens is 206 g/mol. The van der Waals surface area contributed by atoms with Gasteiger partial charge in [-0.1, -0.05) is 0 Å². The van der Waals surface area contributed by atoms with Gasteiger partial charge in [-0.15, -0.1) is 0 Å². The van der Waals surface area contributed by atoms with Gasteiger partial charge in [-0.05, 0) is 0 Å². The Labute approximate surface area is 73.4 Å². The molecule has 2 unspecified atom stereocenters. The van der Waals surface area contributed by atoms with Crippen LogP contribution in [-0.2, 0) is 13.6 Å². The average molecular weight is 218 g/mol. The molecule has 0 aliphatic rings. The van der Waals surface area contributed by atoms with E-state index in [0.717, 1.165) is 0 Å². The third-order valence-electron chi connectivity index (χ3n) is 0.745. The molecule has 74 valence electrons. The highest BCUT2D eigenvalue weighted by Crippen LogP contribution is 2.31. The van der Waals surface area contributed by atoms with Crippen molar-refractivity contribution in [3.05, 3.63) is 0 Å². The quantitative estimate of drug-likeness (QED) is 0.384. The van der Waals surface area contributed by atoms with Crippen molar-refractivity contribution in [2.75, 3.05) is 26.4 Å². The molecule has 0 bridgehead atoms.